The average Bonchev–Trinajstić information content (AvgIpc) is 2.61. The smallest absolute Gasteiger partial charge is 0.0200 e. The molecule has 25 heavy (non-hydrogen) atoms. The molecule has 0 fully saturated rings. The fraction of sp³-hybridized carbons (Fsp3) is 0.920. The minimum atomic E-state index is 0.423. The van der Waals surface area contributed by atoms with Gasteiger partial charge in [-0.3, -0.25) is 0 Å². The first kappa shape index (κ1) is 26.8. The Bertz CT molecular complexity index is 310. The van der Waals surface area contributed by atoms with E-state index in [-0.39, 0.29) is 0 Å². The molecular formula is C25H50. The molecule has 150 valence electrons. The molecule has 6 atom stereocenters. The maximum Gasteiger partial charge on any atom is 0.0200 e. The Labute approximate surface area is 162 Å². The number of terminal acetylenes is 1. The molecule has 6 unspecified atom stereocenters. The van der Waals surface area contributed by atoms with Crippen molar-refractivity contribution in [3.63, 3.8) is 0 Å². The molecule has 0 aliphatic heterocycles. The van der Waals surface area contributed by atoms with Gasteiger partial charge in [0, 0.05) is 5.92 Å². The summed E-state index contributed by atoms with van der Waals surface area (Å²) in [6, 6.07) is 0. The molecule has 0 nitrogen and oxygen atoms in total. The van der Waals surface area contributed by atoms with E-state index < -0.39 is 0 Å². The Kier molecular flexibility index (Phi) is 18.2. The van der Waals surface area contributed by atoms with Crippen molar-refractivity contribution in [1.82, 2.24) is 0 Å². The van der Waals surface area contributed by atoms with Crippen LogP contribution in [0.2, 0.25) is 0 Å². The van der Waals surface area contributed by atoms with Gasteiger partial charge in [0.25, 0.3) is 0 Å². The molecule has 0 aliphatic rings. The van der Waals surface area contributed by atoms with Gasteiger partial charge in [0.2, 0.25) is 0 Å². The zero-order valence-electron chi connectivity index (χ0n) is 19.2. The van der Waals surface area contributed by atoms with Crippen molar-refractivity contribution in [2.75, 3.05) is 0 Å². The van der Waals surface area contributed by atoms with Crippen molar-refractivity contribution in [2.24, 2.45) is 35.5 Å². The summed E-state index contributed by atoms with van der Waals surface area (Å²) in [6.07, 6.45) is 16.5. The van der Waals surface area contributed by atoms with E-state index in [1.807, 2.05) is 13.8 Å². The number of hydrogen-bond acceptors (Lipinski definition) is 0. The first-order valence-corrected chi connectivity index (χ1v) is 11.3. The summed E-state index contributed by atoms with van der Waals surface area (Å²) in [5.74, 6) is 7.55. The lowest BCUT2D eigenvalue weighted by Gasteiger charge is -2.29. The maximum absolute atomic E-state index is 5.76. The Hall–Kier alpha value is -0.440. The summed E-state index contributed by atoms with van der Waals surface area (Å²) in [4.78, 5) is 0. The quantitative estimate of drug-likeness (QED) is 0.292. The molecule has 0 aromatic carbocycles. The molecule has 0 aromatic rings. The van der Waals surface area contributed by atoms with Gasteiger partial charge in [0.15, 0.2) is 0 Å². The molecule has 0 N–H and O–H groups in total. The van der Waals surface area contributed by atoms with Gasteiger partial charge in [-0.15, -0.1) is 12.3 Å². The fourth-order valence-electron chi connectivity index (χ4n) is 4.14. The van der Waals surface area contributed by atoms with Crippen molar-refractivity contribution in [2.45, 2.75) is 114 Å². The van der Waals surface area contributed by atoms with Gasteiger partial charge in [0.1, 0.15) is 0 Å². The third-order valence-corrected chi connectivity index (χ3v) is 5.91. The van der Waals surface area contributed by atoms with Crippen LogP contribution in [0.1, 0.15) is 114 Å². The van der Waals surface area contributed by atoms with E-state index in [9.17, 15) is 0 Å². The molecule has 0 aromatic heterocycles. The number of rotatable bonds is 13. The second-order valence-corrected chi connectivity index (χ2v) is 8.44. The Balaban J connectivity index is 0. The predicted octanol–water partition coefficient (Wildman–Crippen LogP) is 8.60. The van der Waals surface area contributed by atoms with Gasteiger partial charge in [0.05, 0.1) is 0 Å². The summed E-state index contributed by atoms with van der Waals surface area (Å²) in [5, 5.41) is 0. The summed E-state index contributed by atoms with van der Waals surface area (Å²) >= 11 is 0. The van der Waals surface area contributed by atoms with Gasteiger partial charge < -0.3 is 0 Å². The van der Waals surface area contributed by atoms with Crippen molar-refractivity contribution in [3.05, 3.63) is 0 Å². The summed E-state index contributed by atoms with van der Waals surface area (Å²) < 4.78 is 0. The average molecular weight is 351 g/mol. The summed E-state index contributed by atoms with van der Waals surface area (Å²) in [7, 11) is 0. The van der Waals surface area contributed by atoms with Crippen LogP contribution in [-0.2, 0) is 0 Å². The lowest BCUT2D eigenvalue weighted by molar-refractivity contribution is 0.229. The van der Waals surface area contributed by atoms with E-state index in [1.54, 1.807) is 0 Å². The maximum atomic E-state index is 5.76. The number of hydrogen-bond donors (Lipinski definition) is 0. The molecule has 0 bridgehead atoms. The first-order valence-electron chi connectivity index (χ1n) is 11.3. The minimum absolute atomic E-state index is 0.423. The van der Waals surface area contributed by atoms with Crippen LogP contribution in [0.4, 0.5) is 0 Å². The van der Waals surface area contributed by atoms with Crippen LogP contribution in [0.3, 0.4) is 0 Å². The van der Waals surface area contributed by atoms with Crippen LogP contribution in [-0.4, -0.2) is 0 Å². The van der Waals surface area contributed by atoms with Crippen molar-refractivity contribution in [3.8, 4) is 12.3 Å². The second-order valence-electron chi connectivity index (χ2n) is 8.44. The van der Waals surface area contributed by atoms with Crippen molar-refractivity contribution in [1.29, 1.82) is 0 Å². The van der Waals surface area contributed by atoms with Crippen LogP contribution in [0.25, 0.3) is 0 Å². The third-order valence-electron chi connectivity index (χ3n) is 5.91. The molecule has 0 saturated heterocycles. The van der Waals surface area contributed by atoms with Gasteiger partial charge in [-0.1, -0.05) is 88.0 Å². The van der Waals surface area contributed by atoms with Gasteiger partial charge in [-0.2, -0.15) is 0 Å². The highest BCUT2D eigenvalue weighted by molar-refractivity contribution is 4.94. The van der Waals surface area contributed by atoms with Crippen molar-refractivity contribution >= 4 is 0 Å². The van der Waals surface area contributed by atoms with E-state index in [0.29, 0.717) is 11.8 Å². The lowest BCUT2D eigenvalue weighted by Crippen LogP contribution is -2.19. The standard InChI is InChI=1S/C23H44.C2H6/c1-9-13-19(6)14-20(7)15-22(12-4)17-23(21(8)11-3)16-18(5)10-2;1-2/h3,18-23H,9-10,12-17H2,1-2,4-8H3;1-2H3. The van der Waals surface area contributed by atoms with Crippen LogP contribution >= 0.6 is 0 Å². The molecule has 0 heteroatoms. The molecule has 0 aliphatic carbocycles. The SMILES string of the molecule is C#CC(C)C(CC(C)CC)CC(CC)CC(C)CC(C)CCC.CC. The van der Waals surface area contributed by atoms with Crippen LogP contribution in [0.5, 0.6) is 0 Å². The second kappa shape index (κ2) is 17.0. The zero-order valence-corrected chi connectivity index (χ0v) is 19.2. The lowest BCUT2D eigenvalue weighted by atomic mass is 9.76. The topological polar surface area (TPSA) is 0 Å². The largest absolute Gasteiger partial charge is 0.120 e. The highest BCUT2D eigenvalue weighted by Crippen LogP contribution is 2.33. The molecule has 0 radical (unpaired) electrons. The fourth-order valence-corrected chi connectivity index (χ4v) is 4.14. The molecule has 0 heterocycles. The molecule has 0 amide bonds. The van der Waals surface area contributed by atoms with Crippen LogP contribution < -0.4 is 0 Å². The van der Waals surface area contributed by atoms with Gasteiger partial charge >= 0.3 is 0 Å². The molecule has 0 rings (SSSR count). The van der Waals surface area contributed by atoms with E-state index in [0.717, 1.165) is 23.7 Å². The monoisotopic (exact) mass is 350 g/mol. The van der Waals surface area contributed by atoms with E-state index in [2.05, 4.69) is 54.4 Å². The Morgan fingerprint density at radius 1 is 0.720 bits per heavy atom. The first-order chi connectivity index (χ1) is 11.9. The Morgan fingerprint density at radius 2 is 1.32 bits per heavy atom. The highest BCUT2D eigenvalue weighted by atomic mass is 14.3. The third kappa shape index (κ3) is 13.4. The van der Waals surface area contributed by atoms with Crippen molar-refractivity contribution < 1.29 is 0 Å². The van der Waals surface area contributed by atoms with Crippen LogP contribution in [0, 0.1) is 47.9 Å². The normalized spacial score (nSPS) is 18.1. The Morgan fingerprint density at radius 3 is 1.76 bits per heavy atom. The summed E-state index contributed by atoms with van der Waals surface area (Å²) in [6.45, 7) is 20.5. The molecule has 0 spiro atoms. The van der Waals surface area contributed by atoms with E-state index in [1.165, 1.54) is 51.4 Å². The zero-order chi connectivity index (χ0) is 19.8. The minimum Gasteiger partial charge on any atom is -0.120 e. The molecule has 0 saturated carbocycles. The van der Waals surface area contributed by atoms with Gasteiger partial charge in [-0.25, -0.2) is 0 Å². The summed E-state index contributed by atoms with van der Waals surface area (Å²) in [5.41, 5.74) is 0. The highest BCUT2D eigenvalue weighted by Gasteiger charge is 2.23. The molecular weight excluding hydrogens is 300 g/mol. The predicted molar refractivity (Wildman–Crippen MR) is 118 cm³/mol. The van der Waals surface area contributed by atoms with Crippen LogP contribution in [0.15, 0.2) is 0 Å². The van der Waals surface area contributed by atoms with Gasteiger partial charge in [-0.05, 0) is 55.3 Å². The van der Waals surface area contributed by atoms with E-state index in [4.69, 9.17) is 6.42 Å². The van der Waals surface area contributed by atoms with E-state index >= 15 is 0 Å².